The molecule has 1 aliphatic rings. The van der Waals surface area contributed by atoms with Gasteiger partial charge in [0.25, 0.3) is 0 Å². The molecule has 0 amide bonds. The Labute approximate surface area is 121 Å². The molecule has 0 N–H and O–H groups in total. The van der Waals surface area contributed by atoms with Crippen LogP contribution < -0.4 is 9.47 Å². The number of ketones is 2. The summed E-state index contributed by atoms with van der Waals surface area (Å²) in [5.74, 6) is -1.51. The van der Waals surface area contributed by atoms with Crippen molar-refractivity contribution < 1.29 is 28.6 Å². The fraction of sp³-hybridized carbons (Fsp3) is 0.267. The van der Waals surface area contributed by atoms with E-state index in [-0.39, 0.29) is 22.6 Å². The second-order valence-corrected chi connectivity index (χ2v) is 4.47. The van der Waals surface area contributed by atoms with E-state index in [0.717, 1.165) is 13.0 Å². The molecule has 0 aromatic heterocycles. The number of Topliss-reactive ketones (excluding diaryl/α,β-unsaturated/α-hetero) is 1. The fourth-order valence-electron chi connectivity index (χ4n) is 2.27. The highest BCUT2D eigenvalue weighted by atomic mass is 16.5. The van der Waals surface area contributed by atoms with Crippen molar-refractivity contribution in [3.63, 3.8) is 0 Å². The van der Waals surface area contributed by atoms with Gasteiger partial charge in [-0.15, -0.1) is 0 Å². The number of esters is 1. The van der Waals surface area contributed by atoms with E-state index in [1.54, 1.807) is 13.0 Å². The molecule has 6 nitrogen and oxygen atoms in total. The highest BCUT2D eigenvalue weighted by molar-refractivity contribution is 6.26. The topological polar surface area (TPSA) is 78.9 Å². The van der Waals surface area contributed by atoms with Crippen molar-refractivity contribution in [1.82, 2.24) is 0 Å². The summed E-state index contributed by atoms with van der Waals surface area (Å²) in [6.45, 7) is 2.85. The molecule has 0 saturated carbocycles. The first-order valence-electron chi connectivity index (χ1n) is 6.15. The van der Waals surface area contributed by atoms with Gasteiger partial charge in [-0.3, -0.25) is 14.4 Å². The summed E-state index contributed by atoms with van der Waals surface area (Å²) in [5, 5.41) is 0. The van der Waals surface area contributed by atoms with Crippen LogP contribution in [0.25, 0.3) is 0 Å². The lowest BCUT2D eigenvalue weighted by Crippen LogP contribution is -2.22. The first kappa shape index (κ1) is 14.8. The summed E-state index contributed by atoms with van der Waals surface area (Å²) in [6.07, 6.45) is 1.02. The van der Waals surface area contributed by atoms with Crippen LogP contribution in [0.2, 0.25) is 0 Å². The van der Waals surface area contributed by atoms with E-state index in [4.69, 9.17) is 14.2 Å². The molecule has 0 spiro atoms. The molecular formula is C15H14O6. The van der Waals surface area contributed by atoms with Crippen molar-refractivity contribution >= 4 is 17.5 Å². The Balaban J connectivity index is 2.71. The van der Waals surface area contributed by atoms with E-state index >= 15 is 0 Å². The highest BCUT2D eigenvalue weighted by Gasteiger charge is 2.34. The van der Waals surface area contributed by atoms with Gasteiger partial charge in [-0.25, -0.2) is 0 Å². The molecule has 0 fully saturated rings. The van der Waals surface area contributed by atoms with Gasteiger partial charge in [0, 0.05) is 18.6 Å². The number of ether oxygens (including phenoxy) is 3. The van der Waals surface area contributed by atoms with Crippen LogP contribution in [0.4, 0.5) is 0 Å². The molecule has 110 valence electrons. The van der Waals surface area contributed by atoms with Crippen molar-refractivity contribution in [2.24, 2.45) is 0 Å². The molecule has 0 bridgehead atoms. The van der Waals surface area contributed by atoms with E-state index < -0.39 is 17.5 Å². The molecule has 0 heterocycles. The fourth-order valence-corrected chi connectivity index (χ4v) is 2.27. The number of methoxy groups -OCH3 is 2. The Hall–Kier alpha value is -2.63. The summed E-state index contributed by atoms with van der Waals surface area (Å²) in [6, 6.07) is 1.62. The van der Waals surface area contributed by atoms with Gasteiger partial charge in [-0.2, -0.15) is 0 Å². The number of rotatable bonds is 3. The van der Waals surface area contributed by atoms with Gasteiger partial charge in [-0.1, -0.05) is 0 Å². The zero-order valence-electron chi connectivity index (χ0n) is 12.1. The Bertz CT molecular complexity index is 684. The molecule has 1 aromatic carbocycles. The summed E-state index contributed by atoms with van der Waals surface area (Å²) in [4.78, 5) is 35.7. The largest absolute Gasteiger partial charge is 0.493 e. The van der Waals surface area contributed by atoms with Gasteiger partial charge in [-0.05, 0) is 18.6 Å². The summed E-state index contributed by atoms with van der Waals surface area (Å²) in [7, 11) is 2.80. The number of carbonyl (C=O) groups is 3. The van der Waals surface area contributed by atoms with E-state index in [0.29, 0.717) is 11.3 Å². The first-order valence-corrected chi connectivity index (χ1v) is 6.15. The third-order valence-corrected chi connectivity index (χ3v) is 3.08. The van der Waals surface area contributed by atoms with Crippen molar-refractivity contribution in [2.75, 3.05) is 14.2 Å². The zero-order chi connectivity index (χ0) is 15.7. The Morgan fingerprint density at radius 2 is 1.76 bits per heavy atom. The molecular weight excluding hydrogens is 276 g/mol. The van der Waals surface area contributed by atoms with Crippen LogP contribution in [-0.2, 0) is 9.53 Å². The van der Waals surface area contributed by atoms with Crippen LogP contribution >= 0.6 is 0 Å². The molecule has 6 heteroatoms. The maximum absolute atomic E-state index is 12.5. The minimum absolute atomic E-state index is 0.0538. The highest BCUT2D eigenvalue weighted by Crippen LogP contribution is 2.39. The Morgan fingerprint density at radius 1 is 1.10 bits per heavy atom. The minimum atomic E-state index is -0.676. The van der Waals surface area contributed by atoms with E-state index in [1.807, 2.05) is 0 Å². The molecule has 0 unspecified atom stereocenters. The molecule has 0 aliphatic heterocycles. The number of allylic oxidation sites excluding steroid dienone is 2. The van der Waals surface area contributed by atoms with Gasteiger partial charge in [0.2, 0.25) is 5.78 Å². The maximum Gasteiger partial charge on any atom is 0.308 e. The van der Waals surface area contributed by atoms with Crippen LogP contribution in [0.5, 0.6) is 11.5 Å². The van der Waals surface area contributed by atoms with Gasteiger partial charge in [0.15, 0.2) is 23.0 Å². The average Bonchev–Trinajstić information content (AvgIpc) is 2.42. The number of fused-ring (bicyclic) bond motifs is 1. The number of hydrogen-bond acceptors (Lipinski definition) is 6. The molecule has 0 atom stereocenters. The van der Waals surface area contributed by atoms with Gasteiger partial charge in [0.05, 0.1) is 19.8 Å². The lowest BCUT2D eigenvalue weighted by Gasteiger charge is -2.20. The van der Waals surface area contributed by atoms with E-state index in [1.165, 1.54) is 14.2 Å². The third kappa shape index (κ3) is 2.40. The maximum atomic E-state index is 12.5. The summed E-state index contributed by atoms with van der Waals surface area (Å²) in [5.41, 5.74) is 0.866. The molecule has 1 aromatic rings. The quantitative estimate of drug-likeness (QED) is 0.790. The number of aryl methyl sites for hydroxylation is 1. The molecule has 1 aliphatic carbocycles. The smallest absolute Gasteiger partial charge is 0.308 e. The Kier molecular flexibility index (Phi) is 3.80. The van der Waals surface area contributed by atoms with Crippen LogP contribution in [0, 0.1) is 6.92 Å². The van der Waals surface area contributed by atoms with Crippen molar-refractivity contribution in [3.05, 3.63) is 34.6 Å². The minimum Gasteiger partial charge on any atom is -0.493 e. The average molecular weight is 290 g/mol. The van der Waals surface area contributed by atoms with Gasteiger partial charge in [0.1, 0.15) is 0 Å². The normalized spacial score (nSPS) is 13.4. The second kappa shape index (κ2) is 5.40. The predicted octanol–water partition coefficient (Wildman–Crippen LogP) is 1.84. The van der Waals surface area contributed by atoms with E-state index in [9.17, 15) is 14.4 Å². The summed E-state index contributed by atoms with van der Waals surface area (Å²) < 4.78 is 15.2. The van der Waals surface area contributed by atoms with Crippen molar-refractivity contribution in [3.8, 4) is 11.5 Å². The number of carbonyl (C=O) groups excluding carboxylic acids is 3. The SMILES string of the molecule is COc1cc(C)c2c(c1OC)C(=O)C(OC(C)=O)=CC2=O. The van der Waals surface area contributed by atoms with Crippen molar-refractivity contribution in [2.45, 2.75) is 13.8 Å². The van der Waals surface area contributed by atoms with Crippen LogP contribution in [0.15, 0.2) is 17.9 Å². The van der Waals surface area contributed by atoms with Crippen LogP contribution in [0.3, 0.4) is 0 Å². The molecule has 21 heavy (non-hydrogen) atoms. The number of hydrogen-bond donors (Lipinski definition) is 0. The monoisotopic (exact) mass is 290 g/mol. The predicted molar refractivity (Wildman–Crippen MR) is 72.8 cm³/mol. The Morgan fingerprint density at radius 3 is 2.29 bits per heavy atom. The van der Waals surface area contributed by atoms with Gasteiger partial charge < -0.3 is 14.2 Å². The lowest BCUT2D eigenvalue weighted by molar-refractivity contribution is -0.136. The zero-order valence-corrected chi connectivity index (χ0v) is 12.1. The first-order chi connectivity index (χ1) is 9.90. The van der Waals surface area contributed by atoms with E-state index in [2.05, 4.69) is 0 Å². The summed E-state index contributed by atoms with van der Waals surface area (Å²) >= 11 is 0. The standard InChI is InChI=1S/C15H14O6/c1-7-5-11(19-3)15(20-4)13-12(7)9(17)6-10(14(13)18)21-8(2)16/h5-6H,1-4H3. The third-order valence-electron chi connectivity index (χ3n) is 3.08. The van der Waals surface area contributed by atoms with Gasteiger partial charge >= 0.3 is 5.97 Å². The lowest BCUT2D eigenvalue weighted by atomic mass is 9.89. The van der Waals surface area contributed by atoms with Crippen LogP contribution in [0.1, 0.15) is 33.2 Å². The van der Waals surface area contributed by atoms with Crippen LogP contribution in [-0.4, -0.2) is 31.8 Å². The second-order valence-electron chi connectivity index (χ2n) is 4.47. The molecule has 2 rings (SSSR count). The molecule has 0 saturated heterocycles. The number of benzene rings is 1. The van der Waals surface area contributed by atoms with Crippen molar-refractivity contribution in [1.29, 1.82) is 0 Å². The molecule has 0 radical (unpaired) electrons.